The van der Waals surface area contributed by atoms with Gasteiger partial charge in [0.2, 0.25) is 0 Å². The fraction of sp³-hybridized carbons (Fsp3) is 0.0769. The Hall–Kier alpha value is -1.94. The second-order valence-electron chi connectivity index (χ2n) is 3.75. The molecule has 3 aromatic rings. The van der Waals surface area contributed by atoms with E-state index in [-0.39, 0.29) is 0 Å². The minimum atomic E-state index is 0.396. The highest BCUT2D eigenvalue weighted by atomic mass is 32.1. The van der Waals surface area contributed by atoms with E-state index < -0.39 is 0 Å². The Morgan fingerprint density at radius 2 is 2.24 bits per heavy atom. The quantitative estimate of drug-likeness (QED) is 0.717. The van der Waals surface area contributed by atoms with E-state index >= 15 is 0 Å². The average Bonchev–Trinajstić information content (AvgIpc) is 2.95. The molecule has 0 aliphatic heterocycles. The van der Waals surface area contributed by atoms with Crippen LogP contribution in [0.25, 0.3) is 22.2 Å². The van der Waals surface area contributed by atoms with Gasteiger partial charge in [-0.3, -0.25) is 0 Å². The Balaban J connectivity index is 2.10. The SMILES string of the molecule is O=CCc1nc(-c2c[nH]c3ccccc23)cs1. The van der Waals surface area contributed by atoms with Gasteiger partial charge in [-0.25, -0.2) is 4.98 Å². The number of benzene rings is 1. The monoisotopic (exact) mass is 242 g/mol. The predicted molar refractivity (Wildman–Crippen MR) is 69.2 cm³/mol. The Morgan fingerprint density at radius 1 is 1.35 bits per heavy atom. The highest BCUT2D eigenvalue weighted by Gasteiger charge is 2.09. The van der Waals surface area contributed by atoms with E-state index in [9.17, 15) is 4.79 Å². The molecule has 0 amide bonds. The van der Waals surface area contributed by atoms with Crippen molar-refractivity contribution in [1.82, 2.24) is 9.97 Å². The molecule has 0 atom stereocenters. The number of thiazole rings is 1. The number of nitrogens with one attached hydrogen (secondary N) is 1. The lowest BCUT2D eigenvalue weighted by molar-refractivity contribution is -0.107. The first-order valence-corrected chi connectivity index (χ1v) is 6.21. The summed E-state index contributed by atoms with van der Waals surface area (Å²) in [6.07, 6.45) is 3.25. The van der Waals surface area contributed by atoms with Crippen molar-refractivity contribution in [3.63, 3.8) is 0 Å². The summed E-state index contributed by atoms with van der Waals surface area (Å²) in [4.78, 5) is 18.1. The summed E-state index contributed by atoms with van der Waals surface area (Å²) < 4.78 is 0. The van der Waals surface area contributed by atoms with Crippen molar-refractivity contribution >= 4 is 28.5 Å². The maximum absolute atomic E-state index is 10.4. The Bertz CT molecular complexity index is 669. The molecule has 84 valence electrons. The molecule has 0 spiro atoms. The lowest BCUT2D eigenvalue weighted by Crippen LogP contribution is -1.83. The second-order valence-corrected chi connectivity index (χ2v) is 4.69. The molecule has 0 aliphatic carbocycles. The Kier molecular flexibility index (Phi) is 2.49. The van der Waals surface area contributed by atoms with Gasteiger partial charge in [0.1, 0.15) is 11.3 Å². The second kappa shape index (κ2) is 4.14. The number of rotatable bonds is 3. The zero-order chi connectivity index (χ0) is 11.7. The van der Waals surface area contributed by atoms with E-state index in [4.69, 9.17) is 0 Å². The summed E-state index contributed by atoms with van der Waals surface area (Å²) in [5.74, 6) is 0. The minimum Gasteiger partial charge on any atom is -0.360 e. The van der Waals surface area contributed by atoms with Gasteiger partial charge in [0.05, 0.1) is 12.1 Å². The van der Waals surface area contributed by atoms with Crippen LogP contribution in [0.2, 0.25) is 0 Å². The van der Waals surface area contributed by atoms with Gasteiger partial charge >= 0.3 is 0 Å². The number of nitrogens with zero attached hydrogens (tertiary/aromatic N) is 1. The molecule has 1 aromatic carbocycles. The summed E-state index contributed by atoms with van der Waals surface area (Å²) in [7, 11) is 0. The molecular weight excluding hydrogens is 232 g/mol. The fourth-order valence-electron chi connectivity index (χ4n) is 1.88. The summed E-state index contributed by atoms with van der Waals surface area (Å²) in [6.45, 7) is 0. The predicted octanol–water partition coefficient (Wildman–Crippen LogP) is 3.03. The first kappa shape index (κ1) is 10.2. The number of aromatic amines is 1. The molecule has 0 unspecified atom stereocenters. The molecule has 0 saturated heterocycles. The van der Waals surface area contributed by atoms with Crippen LogP contribution < -0.4 is 0 Å². The molecule has 2 heterocycles. The molecule has 0 saturated carbocycles. The molecule has 1 N–H and O–H groups in total. The minimum absolute atomic E-state index is 0.396. The number of hydrogen-bond donors (Lipinski definition) is 1. The van der Waals surface area contributed by atoms with Crippen molar-refractivity contribution < 1.29 is 4.79 Å². The van der Waals surface area contributed by atoms with Gasteiger partial charge in [-0.2, -0.15) is 0 Å². The highest BCUT2D eigenvalue weighted by Crippen LogP contribution is 2.29. The molecule has 0 bridgehead atoms. The van der Waals surface area contributed by atoms with Crippen molar-refractivity contribution in [3.8, 4) is 11.3 Å². The molecule has 2 aromatic heterocycles. The molecule has 0 fully saturated rings. The van der Waals surface area contributed by atoms with Crippen LogP contribution in [0, 0.1) is 0 Å². The smallest absolute Gasteiger partial charge is 0.126 e. The molecule has 17 heavy (non-hydrogen) atoms. The molecule has 4 heteroatoms. The molecule has 0 aliphatic rings. The van der Waals surface area contributed by atoms with Crippen molar-refractivity contribution in [1.29, 1.82) is 0 Å². The van der Waals surface area contributed by atoms with Crippen LogP contribution in [-0.4, -0.2) is 16.3 Å². The Labute approximate surface area is 102 Å². The fourth-order valence-corrected chi connectivity index (χ4v) is 2.63. The lowest BCUT2D eigenvalue weighted by atomic mass is 10.1. The normalized spacial score (nSPS) is 10.8. The molecule has 0 radical (unpaired) electrons. The maximum Gasteiger partial charge on any atom is 0.126 e. The zero-order valence-corrected chi connectivity index (χ0v) is 9.83. The first-order chi connectivity index (χ1) is 8.38. The summed E-state index contributed by atoms with van der Waals surface area (Å²) in [5, 5.41) is 4.02. The standard InChI is InChI=1S/C13H10N2OS/c16-6-5-13-15-12(8-17-13)10-7-14-11-4-2-1-3-9(10)11/h1-4,6-8,14H,5H2. The largest absolute Gasteiger partial charge is 0.360 e. The van der Waals surface area contributed by atoms with Crippen LogP contribution in [0.3, 0.4) is 0 Å². The van der Waals surface area contributed by atoms with E-state index in [2.05, 4.69) is 16.0 Å². The maximum atomic E-state index is 10.4. The third kappa shape index (κ3) is 1.76. The van der Waals surface area contributed by atoms with Gasteiger partial charge in [0.15, 0.2) is 0 Å². The van der Waals surface area contributed by atoms with Crippen LogP contribution in [0.15, 0.2) is 35.8 Å². The van der Waals surface area contributed by atoms with Crippen molar-refractivity contribution in [2.75, 3.05) is 0 Å². The third-order valence-corrected chi connectivity index (χ3v) is 3.55. The first-order valence-electron chi connectivity index (χ1n) is 5.33. The van der Waals surface area contributed by atoms with E-state index in [1.807, 2.05) is 29.8 Å². The number of fused-ring (bicyclic) bond motifs is 1. The summed E-state index contributed by atoms with van der Waals surface area (Å²) in [5.41, 5.74) is 3.13. The number of carbonyl (C=O) groups excluding carboxylic acids is 1. The van der Waals surface area contributed by atoms with Gasteiger partial charge in [-0.05, 0) is 6.07 Å². The summed E-state index contributed by atoms with van der Waals surface area (Å²) >= 11 is 1.52. The number of H-pyrrole nitrogens is 1. The van der Waals surface area contributed by atoms with Crippen LogP contribution in [0.4, 0.5) is 0 Å². The number of aldehydes is 1. The van der Waals surface area contributed by atoms with Gasteiger partial charge in [-0.15, -0.1) is 11.3 Å². The molecular formula is C13H10N2OS. The van der Waals surface area contributed by atoms with E-state index in [1.165, 1.54) is 11.3 Å². The topological polar surface area (TPSA) is 45.8 Å². The Morgan fingerprint density at radius 3 is 3.12 bits per heavy atom. The number of hydrogen-bond acceptors (Lipinski definition) is 3. The van der Waals surface area contributed by atoms with Gasteiger partial charge in [0, 0.05) is 28.0 Å². The van der Waals surface area contributed by atoms with Crippen LogP contribution in [-0.2, 0) is 11.2 Å². The lowest BCUT2D eigenvalue weighted by Gasteiger charge is -1.93. The average molecular weight is 242 g/mol. The van der Waals surface area contributed by atoms with Crippen LogP contribution in [0.1, 0.15) is 5.01 Å². The number of para-hydroxylation sites is 1. The van der Waals surface area contributed by atoms with Gasteiger partial charge < -0.3 is 9.78 Å². The van der Waals surface area contributed by atoms with Crippen LogP contribution in [0.5, 0.6) is 0 Å². The zero-order valence-electron chi connectivity index (χ0n) is 9.01. The third-order valence-electron chi connectivity index (χ3n) is 2.67. The molecule has 3 rings (SSSR count). The number of aromatic nitrogens is 2. The molecule has 3 nitrogen and oxygen atoms in total. The van der Waals surface area contributed by atoms with E-state index in [1.54, 1.807) is 0 Å². The van der Waals surface area contributed by atoms with Crippen molar-refractivity contribution in [3.05, 3.63) is 40.8 Å². The van der Waals surface area contributed by atoms with Gasteiger partial charge in [0.25, 0.3) is 0 Å². The highest BCUT2D eigenvalue weighted by molar-refractivity contribution is 7.10. The van der Waals surface area contributed by atoms with Crippen molar-refractivity contribution in [2.24, 2.45) is 0 Å². The van der Waals surface area contributed by atoms with Crippen molar-refractivity contribution in [2.45, 2.75) is 6.42 Å². The van der Waals surface area contributed by atoms with Gasteiger partial charge in [-0.1, -0.05) is 18.2 Å². The number of carbonyl (C=O) groups is 1. The summed E-state index contributed by atoms with van der Waals surface area (Å²) in [6, 6.07) is 8.12. The van der Waals surface area contributed by atoms with E-state index in [0.29, 0.717) is 6.42 Å². The van der Waals surface area contributed by atoms with Crippen LogP contribution >= 0.6 is 11.3 Å². The van der Waals surface area contributed by atoms with E-state index in [0.717, 1.165) is 33.5 Å².